The Bertz CT molecular complexity index is 401. The lowest BCUT2D eigenvalue weighted by atomic mass is 9.93. The summed E-state index contributed by atoms with van der Waals surface area (Å²) in [5.41, 5.74) is 7.32. The van der Waals surface area contributed by atoms with Crippen molar-refractivity contribution < 1.29 is 9.13 Å². The molecule has 1 saturated heterocycles. The molecular weight excluding hydrogens is 255 g/mol. The first kappa shape index (κ1) is 15.4. The van der Waals surface area contributed by atoms with Crippen molar-refractivity contribution in [2.75, 3.05) is 26.8 Å². The molecule has 1 aromatic carbocycles. The molecule has 2 rings (SSSR count). The van der Waals surface area contributed by atoms with E-state index < -0.39 is 0 Å². The van der Waals surface area contributed by atoms with Gasteiger partial charge in [-0.05, 0) is 56.5 Å². The van der Waals surface area contributed by atoms with Gasteiger partial charge >= 0.3 is 0 Å². The largest absolute Gasteiger partial charge is 0.384 e. The van der Waals surface area contributed by atoms with Gasteiger partial charge in [-0.25, -0.2) is 4.39 Å². The lowest BCUT2D eigenvalue weighted by molar-refractivity contribution is 0.0770. The molecule has 1 fully saturated rings. The van der Waals surface area contributed by atoms with Crippen LogP contribution in [0.25, 0.3) is 0 Å². The Kier molecular flexibility index (Phi) is 5.52. The minimum atomic E-state index is -0.214. The first-order valence-corrected chi connectivity index (χ1v) is 7.36. The van der Waals surface area contributed by atoms with Crippen molar-refractivity contribution in [3.05, 3.63) is 35.6 Å². The molecule has 0 amide bonds. The molecule has 3 nitrogen and oxygen atoms in total. The molecule has 0 aromatic heterocycles. The van der Waals surface area contributed by atoms with Crippen molar-refractivity contribution in [2.45, 2.75) is 31.8 Å². The van der Waals surface area contributed by atoms with Crippen LogP contribution in [0.15, 0.2) is 24.3 Å². The molecule has 20 heavy (non-hydrogen) atoms. The zero-order valence-electron chi connectivity index (χ0n) is 12.4. The van der Waals surface area contributed by atoms with Gasteiger partial charge in [0, 0.05) is 25.8 Å². The fraction of sp³-hybridized carbons (Fsp3) is 0.625. The maximum absolute atomic E-state index is 13.0. The number of methoxy groups -OCH3 is 1. The summed E-state index contributed by atoms with van der Waals surface area (Å²) in [6, 6.07) is 6.72. The van der Waals surface area contributed by atoms with Gasteiger partial charge in [0.25, 0.3) is 0 Å². The molecule has 0 radical (unpaired) electrons. The van der Waals surface area contributed by atoms with E-state index in [1.54, 1.807) is 19.2 Å². The number of ether oxygens (including phenoxy) is 1. The van der Waals surface area contributed by atoms with Gasteiger partial charge in [-0.3, -0.25) is 4.90 Å². The molecule has 112 valence electrons. The summed E-state index contributed by atoms with van der Waals surface area (Å²) in [5.74, 6) is 0.458. The highest BCUT2D eigenvalue weighted by atomic mass is 19.1. The Morgan fingerprint density at radius 1 is 1.30 bits per heavy atom. The van der Waals surface area contributed by atoms with Crippen LogP contribution >= 0.6 is 0 Å². The molecule has 1 aromatic rings. The summed E-state index contributed by atoms with van der Waals surface area (Å²) >= 11 is 0. The van der Waals surface area contributed by atoms with Gasteiger partial charge < -0.3 is 10.5 Å². The number of piperidine rings is 1. The van der Waals surface area contributed by atoms with Crippen LogP contribution in [0.4, 0.5) is 4.39 Å². The quantitative estimate of drug-likeness (QED) is 0.901. The van der Waals surface area contributed by atoms with Crippen LogP contribution in [-0.2, 0) is 4.74 Å². The van der Waals surface area contributed by atoms with E-state index in [-0.39, 0.29) is 17.9 Å². The third-order valence-electron chi connectivity index (χ3n) is 4.40. The molecule has 2 unspecified atom stereocenters. The van der Waals surface area contributed by atoms with Crippen LogP contribution in [-0.4, -0.2) is 37.7 Å². The SMILES string of the molecule is COCC1CCN(C(C)C(N)c2ccc(F)cc2)CC1. The number of likely N-dealkylation sites (tertiary alicyclic amines) is 1. The van der Waals surface area contributed by atoms with Gasteiger partial charge in [-0.1, -0.05) is 12.1 Å². The average molecular weight is 280 g/mol. The van der Waals surface area contributed by atoms with Gasteiger partial charge in [0.2, 0.25) is 0 Å². The first-order valence-electron chi connectivity index (χ1n) is 7.36. The van der Waals surface area contributed by atoms with E-state index in [4.69, 9.17) is 10.5 Å². The second kappa shape index (κ2) is 7.16. The van der Waals surface area contributed by atoms with Gasteiger partial charge in [-0.15, -0.1) is 0 Å². The van der Waals surface area contributed by atoms with Crippen molar-refractivity contribution in [3.63, 3.8) is 0 Å². The summed E-state index contributed by atoms with van der Waals surface area (Å²) in [4.78, 5) is 2.43. The van der Waals surface area contributed by atoms with E-state index in [0.717, 1.165) is 38.1 Å². The predicted octanol–water partition coefficient (Wildman–Crippen LogP) is 2.57. The average Bonchev–Trinajstić information content (AvgIpc) is 2.48. The van der Waals surface area contributed by atoms with Gasteiger partial charge in [-0.2, -0.15) is 0 Å². The number of benzene rings is 1. The molecule has 0 aliphatic carbocycles. The van der Waals surface area contributed by atoms with Crippen LogP contribution in [0.2, 0.25) is 0 Å². The van der Waals surface area contributed by atoms with Crippen molar-refractivity contribution in [1.82, 2.24) is 4.90 Å². The third-order valence-corrected chi connectivity index (χ3v) is 4.40. The Balaban J connectivity index is 1.91. The van der Waals surface area contributed by atoms with E-state index >= 15 is 0 Å². The van der Waals surface area contributed by atoms with Crippen molar-refractivity contribution >= 4 is 0 Å². The summed E-state index contributed by atoms with van der Waals surface area (Å²) < 4.78 is 18.2. The van der Waals surface area contributed by atoms with E-state index in [9.17, 15) is 4.39 Å². The normalized spacial score (nSPS) is 20.8. The van der Waals surface area contributed by atoms with Crippen LogP contribution in [0.3, 0.4) is 0 Å². The molecule has 2 N–H and O–H groups in total. The zero-order valence-corrected chi connectivity index (χ0v) is 12.4. The third kappa shape index (κ3) is 3.78. The highest BCUT2D eigenvalue weighted by Crippen LogP contribution is 2.24. The van der Waals surface area contributed by atoms with Gasteiger partial charge in [0.05, 0.1) is 0 Å². The molecule has 2 atom stereocenters. The highest BCUT2D eigenvalue weighted by Gasteiger charge is 2.26. The minimum absolute atomic E-state index is 0.0745. The molecule has 4 heteroatoms. The zero-order chi connectivity index (χ0) is 14.5. The topological polar surface area (TPSA) is 38.5 Å². The Morgan fingerprint density at radius 2 is 1.90 bits per heavy atom. The number of rotatable bonds is 5. The predicted molar refractivity (Wildman–Crippen MR) is 79.0 cm³/mol. The molecule has 0 spiro atoms. The standard InChI is InChI=1S/C16H25FN2O/c1-12(16(18)14-3-5-15(17)6-4-14)19-9-7-13(8-10-19)11-20-2/h3-6,12-13,16H,7-11,18H2,1-2H3. The second-order valence-corrected chi connectivity index (χ2v) is 5.75. The second-order valence-electron chi connectivity index (χ2n) is 5.75. The summed E-state index contributed by atoms with van der Waals surface area (Å²) in [7, 11) is 1.76. The summed E-state index contributed by atoms with van der Waals surface area (Å²) in [6.07, 6.45) is 2.32. The number of nitrogens with zero attached hydrogens (tertiary/aromatic N) is 1. The van der Waals surface area contributed by atoms with Crippen molar-refractivity contribution in [3.8, 4) is 0 Å². The Labute approximate surface area is 120 Å². The van der Waals surface area contributed by atoms with Gasteiger partial charge in [0.15, 0.2) is 0 Å². The minimum Gasteiger partial charge on any atom is -0.384 e. The molecule has 0 saturated carbocycles. The van der Waals surface area contributed by atoms with E-state index in [1.165, 1.54) is 12.1 Å². The van der Waals surface area contributed by atoms with Crippen molar-refractivity contribution in [1.29, 1.82) is 0 Å². The molecule has 1 aliphatic heterocycles. The number of hydrogen-bond donors (Lipinski definition) is 1. The Morgan fingerprint density at radius 3 is 2.45 bits per heavy atom. The number of nitrogens with two attached hydrogens (primary N) is 1. The first-order chi connectivity index (χ1) is 9.61. The Hall–Kier alpha value is -0.970. The monoisotopic (exact) mass is 280 g/mol. The summed E-state index contributed by atoms with van der Waals surface area (Å²) in [6.45, 7) is 5.13. The van der Waals surface area contributed by atoms with Crippen LogP contribution < -0.4 is 5.73 Å². The number of halogens is 1. The lowest BCUT2D eigenvalue weighted by Gasteiger charge is -2.38. The van der Waals surface area contributed by atoms with E-state index in [2.05, 4.69) is 11.8 Å². The van der Waals surface area contributed by atoms with E-state index in [1.807, 2.05) is 0 Å². The number of hydrogen-bond acceptors (Lipinski definition) is 3. The molecule has 1 aliphatic rings. The van der Waals surface area contributed by atoms with E-state index in [0.29, 0.717) is 5.92 Å². The molecular formula is C16H25FN2O. The van der Waals surface area contributed by atoms with Crippen molar-refractivity contribution in [2.24, 2.45) is 11.7 Å². The molecule has 1 heterocycles. The van der Waals surface area contributed by atoms with Crippen LogP contribution in [0, 0.1) is 11.7 Å². The smallest absolute Gasteiger partial charge is 0.123 e. The fourth-order valence-electron chi connectivity index (χ4n) is 2.95. The van der Waals surface area contributed by atoms with Crippen LogP contribution in [0.1, 0.15) is 31.4 Å². The van der Waals surface area contributed by atoms with Crippen LogP contribution in [0.5, 0.6) is 0 Å². The highest BCUT2D eigenvalue weighted by molar-refractivity contribution is 5.21. The maximum Gasteiger partial charge on any atom is 0.123 e. The lowest BCUT2D eigenvalue weighted by Crippen LogP contribution is -2.45. The summed E-state index contributed by atoms with van der Waals surface area (Å²) in [5, 5.41) is 0. The molecule has 0 bridgehead atoms. The fourth-order valence-corrected chi connectivity index (χ4v) is 2.95. The maximum atomic E-state index is 13.0. The van der Waals surface area contributed by atoms with Gasteiger partial charge in [0.1, 0.15) is 5.82 Å².